The standard InChI is InChI=1S/C10H10Cl2N2/c11-8-1-2-9(12)10-7(8)5-6(14-10)3-4-13/h1-2,5,14H,3-4,13H2. The fraction of sp³-hybridized carbons (Fsp3) is 0.200. The van der Waals surface area contributed by atoms with Crippen molar-refractivity contribution in [1.29, 1.82) is 0 Å². The van der Waals surface area contributed by atoms with Gasteiger partial charge in [-0.05, 0) is 31.2 Å². The summed E-state index contributed by atoms with van der Waals surface area (Å²) in [5.74, 6) is 0. The average Bonchev–Trinajstić information content (AvgIpc) is 2.57. The second-order valence-electron chi connectivity index (χ2n) is 3.15. The quantitative estimate of drug-likeness (QED) is 0.816. The number of aromatic amines is 1. The van der Waals surface area contributed by atoms with Gasteiger partial charge in [-0.2, -0.15) is 0 Å². The Morgan fingerprint density at radius 1 is 1.21 bits per heavy atom. The van der Waals surface area contributed by atoms with Gasteiger partial charge >= 0.3 is 0 Å². The van der Waals surface area contributed by atoms with Crippen LogP contribution in [0.1, 0.15) is 5.69 Å². The minimum absolute atomic E-state index is 0.613. The van der Waals surface area contributed by atoms with Gasteiger partial charge in [-0.25, -0.2) is 0 Å². The van der Waals surface area contributed by atoms with E-state index in [4.69, 9.17) is 28.9 Å². The fourth-order valence-electron chi connectivity index (χ4n) is 1.50. The highest BCUT2D eigenvalue weighted by Crippen LogP contribution is 2.29. The van der Waals surface area contributed by atoms with E-state index in [0.29, 0.717) is 16.6 Å². The molecule has 0 aliphatic rings. The van der Waals surface area contributed by atoms with Gasteiger partial charge in [0.25, 0.3) is 0 Å². The predicted molar refractivity (Wildman–Crippen MR) is 61.1 cm³/mol. The van der Waals surface area contributed by atoms with Crippen LogP contribution in [0.3, 0.4) is 0 Å². The summed E-state index contributed by atoms with van der Waals surface area (Å²) < 4.78 is 0. The van der Waals surface area contributed by atoms with Crippen LogP contribution in [0.2, 0.25) is 10.0 Å². The third-order valence-electron chi connectivity index (χ3n) is 2.16. The molecule has 1 aromatic carbocycles. The Labute approximate surface area is 92.0 Å². The zero-order valence-corrected chi connectivity index (χ0v) is 8.99. The van der Waals surface area contributed by atoms with Gasteiger partial charge in [0.2, 0.25) is 0 Å². The molecule has 1 heterocycles. The number of fused-ring (bicyclic) bond motifs is 1. The molecule has 0 unspecified atom stereocenters. The molecule has 0 aliphatic heterocycles. The number of rotatable bonds is 2. The van der Waals surface area contributed by atoms with Gasteiger partial charge in [0.05, 0.1) is 15.6 Å². The number of hydrogen-bond donors (Lipinski definition) is 2. The number of aromatic nitrogens is 1. The van der Waals surface area contributed by atoms with Gasteiger partial charge in [0.1, 0.15) is 0 Å². The molecule has 0 fully saturated rings. The van der Waals surface area contributed by atoms with Crippen LogP contribution in [0.25, 0.3) is 10.9 Å². The summed E-state index contributed by atoms with van der Waals surface area (Å²) >= 11 is 12.1. The van der Waals surface area contributed by atoms with E-state index >= 15 is 0 Å². The van der Waals surface area contributed by atoms with E-state index in [1.807, 2.05) is 6.07 Å². The summed E-state index contributed by atoms with van der Waals surface area (Å²) in [6, 6.07) is 5.58. The molecular formula is C10H10Cl2N2. The van der Waals surface area contributed by atoms with Gasteiger partial charge in [0.15, 0.2) is 0 Å². The normalized spacial score (nSPS) is 11.1. The molecule has 1 aromatic heterocycles. The van der Waals surface area contributed by atoms with Gasteiger partial charge in [-0.3, -0.25) is 0 Å². The summed E-state index contributed by atoms with van der Waals surface area (Å²) in [5.41, 5.74) is 7.43. The summed E-state index contributed by atoms with van der Waals surface area (Å²) in [7, 11) is 0. The Morgan fingerprint density at radius 2 is 1.93 bits per heavy atom. The number of benzene rings is 1. The molecule has 2 rings (SSSR count). The van der Waals surface area contributed by atoms with Crippen molar-refractivity contribution in [2.45, 2.75) is 6.42 Å². The van der Waals surface area contributed by atoms with Gasteiger partial charge < -0.3 is 10.7 Å². The number of nitrogens with two attached hydrogens (primary N) is 1. The van der Waals surface area contributed by atoms with E-state index in [2.05, 4.69) is 4.98 Å². The Kier molecular flexibility index (Phi) is 2.68. The molecule has 0 spiro atoms. The lowest BCUT2D eigenvalue weighted by Crippen LogP contribution is -2.02. The minimum atomic E-state index is 0.613. The van der Waals surface area contributed by atoms with Crippen LogP contribution in [0.15, 0.2) is 18.2 Å². The minimum Gasteiger partial charge on any atom is -0.357 e. The fourth-order valence-corrected chi connectivity index (χ4v) is 1.92. The zero-order chi connectivity index (χ0) is 10.1. The lowest BCUT2D eigenvalue weighted by atomic mass is 10.2. The zero-order valence-electron chi connectivity index (χ0n) is 7.48. The SMILES string of the molecule is NCCc1cc2c(Cl)ccc(Cl)c2[nH]1. The molecule has 14 heavy (non-hydrogen) atoms. The van der Waals surface area contributed by atoms with Crippen LogP contribution in [-0.2, 0) is 6.42 Å². The first kappa shape index (κ1) is 9.84. The van der Waals surface area contributed by atoms with Gasteiger partial charge in [-0.15, -0.1) is 0 Å². The Hall–Kier alpha value is -0.700. The van der Waals surface area contributed by atoms with E-state index < -0.39 is 0 Å². The maximum atomic E-state index is 6.03. The van der Waals surface area contributed by atoms with Crippen molar-refractivity contribution in [3.8, 4) is 0 Å². The van der Waals surface area contributed by atoms with Crippen molar-refractivity contribution >= 4 is 34.1 Å². The van der Waals surface area contributed by atoms with Crippen molar-refractivity contribution in [1.82, 2.24) is 4.98 Å². The van der Waals surface area contributed by atoms with Crippen LogP contribution in [0, 0.1) is 0 Å². The second kappa shape index (κ2) is 3.81. The number of nitrogens with one attached hydrogen (secondary N) is 1. The summed E-state index contributed by atoms with van der Waals surface area (Å²) in [6.45, 7) is 0.613. The third-order valence-corrected chi connectivity index (χ3v) is 2.80. The van der Waals surface area contributed by atoms with E-state index in [1.54, 1.807) is 12.1 Å². The Morgan fingerprint density at radius 3 is 2.57 bits per heavy atom. The average molecular weight is 229 g/mol. The molecule has 2 aromatic rings. The highest BCUT2D eigenvalue weighted by molar-refractivity contribution is 6.39. The summed E-state index contributed by atoms with van der Waals surface area (Å²) in [6.07, 6.45) is 0.807. The lowest BCUT2D eigenvalue weighted by molar-refractivity contribution is 0.940. The van der Waals surface area contributed by atoms with Crippen LogP contribution < -0.4 is 5.73 Å². The molecule has 74 valence electrons. The number of H-pyrrole nitrogens is 1. The second-order valence-corrected chi connectivity index (χ2v) is 3.97. The van der Waals surface area contributed by atoms with Crippen molar-refractivity contribution in [2.75, 3.05) is 6.54 Å². The predicted octanol–water partition coefficient (Wildman–Crippen LogP) is 2.98. The number of hydrogen-bond acceptors (Lipinski definition) is 1. The molecule has 0 aliphatic carbocycles. The topological polar surface area (TPSA) is 41.8 Å². The van der Waals surface area contributed by atoms with Crippen LogP contribution in [-0.4, -0.2) is 11.5 Å². The molecule has 3 N–H and O–H groups in total. The van der Waals surface area contributed by atoms with Crippen molar-refractivity contribution < 1.29 is 0 Å². The number of halogens is 2. The first-order valence-corrected chi connectivity index (χ1v) is 5.13. The molecule has 0 amide bonds. The Balaban J connectivity index is 2.63. The largest absolute Gasteiger partial charge is 0.357 e. The molecule has 4 heteroatoms. The molecule has 0 bridgehead atoms. The van der Waals surface area contributed by atoms with E-state index in [9.17, 15) is 0 Å². The molecule has 2 nitrogen and oxygen atoms in total. The third kappa shape index (κ3) is 1.61. The van der Waals surface area contributed by atoms with Crippen molar-refractivity contribution in [3.63, 3.8) is 0 Å². The molecule has 0 atom stereocenters. The monoisotopic (exact) mass is 228 g/mol. The van der Waals surface area contributed by atoms with Crippen LogP contribution >= 0.6 is 23.2 Å². The highest BCUT2D eigenvalue weighted by Gasteiger charge is 2.06. The summed E-state index contributed by atoms with van der Waals surface area (Å²) in [5, 5.41) is 2.36. The van der Waals surface area contributed by atoms with E-state index in [-0.39, 0.29) is 0 Å². The van der Waals surface area contributed by atoms with Crippen LogP contribution in [0.5, 0.6) is 0 Å². The Bertz CT molecular complexity index is 423. The molecule has 0 radical (unpaired) electrons. The first-order valence-electron chi connectivity index (χ1n) is 4.38. The first-order chi connectivity index (χ1) is 6.72. The van der Waals surface area contributed by atoms with Crippen molar-refractivity contribution in [3.05, 3.63) is 33.9 Å². The summed E-state index contributed by atoms with van der Waals surface area (Å²) in [4.78, 5) is 3.21. The highest BCUT2D eigenvalue weighted by atomic mass is 35.5. The van der Waals surface area contributed by atoms with Gasteiger partial charge in [0, 0.05) is 11.1 Å². The molecule has 0 saturated carbocycles. The van der Waals surface area contributed by atoms with Crippen molar-refractivity contribution in [2.24, 2.45) is 5.73 Å². The maximum Gasteiger partial charge on any atom is 0.0660 e. The molecular weight excluding hydrogens is 219 g/mol. The van der Waals surface area contributed by atoms with Crippen LogP contribution in [0.4, 0.5) is 0 Å². The van der Waals surface area contributed by atoms with E-state index in [1.165, 1.54) is 0 Å². The smallest absolute Gasteiger partial charge is 0.0660 e. The molecule has 0 saturated heterocycles. The van der Waals surface area contributed by atoms with E-state index in [0.717, 1.165) is 23.0 Å². The van der Waals surface area contributed by atoms with Gasteiger partial charge in [-0.1, -0.05) is 23.2 Å². The lowest BCUT2D eigenvalue weighted by Gasteiger charge is -1.95. The maximum absolute atomic E-state index is 6.03.